The minimum absolute atomic E-state index is 0.0119. The first-order valence-corrected chi connectivity index (χ1v) is 6.32. The highest BCUT2D eigenvalue weighted by Gasteiger charge is 2.26. The number of rotatable bonds is 3. The number of Topliss-reactive ketones (excluding diaryl/α,β-unsaturated/α-hetero) is 1. The Bertz CT molecular complexity index is 513. The summed E-state index contributed by atoms with van der Waals surface area (Å²) >= 11 is 0. The third-order valence-electron chi connectivity index (χ3n) is 3.25. The molecule has 1 heterocycles. The molecule has 19 heavy (non-hydrogen) atoms. The number of ether oxygens (including phenoxy) is 1. The van der Waals surface area contributed by atoms with Crippen LogP contribution in [0.4, 0.5) is 5.69 Å². The highest BCUT2D eigenvalue weighted by molar-refractivity contribution is 6.01. The minimum Gasteiger partial charge on any atom is -0.491 e. The van der Waals surface area contributed by atoms with E-state index in [1.54, 1.807) is 30.1 Å². The van der Waals surface area contributed by atoms with Crippen LogP contribution >= 0.6 is 0 Å². The number of hydrogen-bond acceptors (Lipinski definition) is 4. The van der Waals surface area contributed by atoms with Crippen LogP contribution in [0, 0.1) is 5.92 Å². The molecule has 1 unspecified atom stereocenters. The summed E-state index contributed by atoms with van der Waals surface area (Å²) in [5.41, 5.74) is 6.58. The molecule has 0 fully saturated rings. The molecule has 0 saturated heterocycles. The van der Waals surface area contributed by atoms with E-state index in [0.717, 1.165) is 0 Å². The molecule has 1 aliphatic heterocycles. The van der Waals surface area contributed by atoms with Gasteiger partial charge in [0, 0.05) is 19.0 Å². The van der Waals surface area contributed by atoms with Crippen molar-refractivity contribution in [3.05, 3.63) is 23.8 Å². The Hall–Kier alpha value is -1.88. The molecule has 1 amide bonds. The predicted octanol–water partition coefficient (Wildman–Crippen LogP) is 1.21. The molecule has 0 saturated carbocycles. The van der Waals surface area contributed by atoms with E-state index in [0.29, 0.717) is 36.6 Å². The molecule has 0 aromatic heterocycles. The maximum Gasteiger partial charge on any atom is 0.233 e. The standard InChI is InChI=1S/C14H18N2O3/c1-9-8-19-13-4-3-10(12(17)5-6-15)7-11(13)16(2)14(9)18/h3-4,7,9H,5-6,8,15H2,1-2H3. The van der Waals surface area contributed by atoms with Crippen molar-refractivity contribution in [1.82, 2.24) is 0 Å². The SMILES string of the molecule is CC1COc2ccc(C(=O)CCN)cc2N(C)C1=O. The van der Waals surface area contributed by atoms with Gasteiger partial charge >= 0.3 is 0 Å². The van der Waals surface area contributed by atoms with Gasteiger partial charge < -0.3 is 15.4 Å². The van der Waals surface area contributed by atoms with Gasteiger partial charge in [-0.25, -0.2) is 0 Å². The molecule has 1 aromatic carbocycles. The number of carbonyl (C=O) groups is 2. The molecule has 0 radical (unpaired) electrons. The van der Waals surface area contributed by atoms with Crippen LogP contribution in [0.5, 0.6) is 5.75 Å². The number of fused-ring (bicyclic) bond motifs is 1. The Morgan fingerprint density at radius 1 is 1.53 bits per heavy atom. The molecule has 2 N–H and O–H groups in total. The van der Waals surface area contributed by atoms with Crippen LogP contribution in [0.1, 0.15) is 23.7 Å². The van der Waals surface area contributed by atoms with Crippen molar-refractivity contribution >= 4 is 17.4 Å². The number of ketones is 1. The topological polar surface area (TPSA) is 72.6 Å². The van der Waals surface area contributed by atoms with Gasteiger partial charge in [0.15, 0.2) is 5.78 Å². The summed E-state index contributed by atoms with van der Waals surface area (Å²) in [5, 5.41) is 0. The van der Waals surface area contributed by atoms with Gasteiger partial charge in [-0.2, -0.15) is 0 Å². The van der Waals surface area contributed by atoms with E-state index in [9.17, 15) is 9.59 Å². The number of hydrogen-bond donors (Lipinski definition) is 1. The molecule has 1 atom stereocenters. The molecule has 0 bridgehead atoms. The summed E-state index contributed by atoms with van der Waals surface area (Å²) in [6, 6.07) is 5.15. The largest absolute Gasteiger partial charge is 0.491 e. The average Bonchev–Trinajstić information content (AvgIpc) is 2.52. The quantitative estimate of drug-likeness (QED) is 0.831. The van der Waals surface area contributed by atoms with E-state index >= 15 is 0 Å². The number of nitrogens with zero attached hydrogens (tertiary/aromatic N) is 1. The molecule has 1 aromatic rings. The molecule has 5 nitrogen and oxygen atoms in total. The zero-order valence-corrected chi connectivity index (χ0v) is 11.2. The summed E-state index contributed by atoms with van der Waals surface area (Å²) in [6.45, 7) is 2.50. The van der Waals surface area contributed by atoms with E-state index in [2.05, 4.69) is 0 Å². The lowest BCUT2D eigenvalue weighted by molar-refractivity contribution is -0.122. The lowest BCUT2D eigenvalue weighted by atomic mass is 10.1. The first kappa shape index (κ1) is 13.5. The van der Waals surface area contributed by atoms with E-state index in [-0.39, 0.29) is 17.6 Å². The van der Waals surface area contributed by atoms with Gasteiger partial charge in [0.25, 0.3) is 0 Å². The van der Waals surface area contributed by atoms with Crippen molar-refractivity contribution in [2.45, 2.75) is 13.3 Å². The first-order valence-electron chi connectivity index (χ1n) is 6.32. The van der Waals surface area contributed by atoms with Gasteiger partial charge in [0.2, 0.25) is 5.91 Å². The zero-order chi connectivity index (χ0) is 14.0. The summed E-state index contributed by atoms with van der Waals surface area (Å²) in [6.07, 6.45) is 0.299. The van der Waals surface area contributed by atoms with Crippen molar-refractivity contribution in [2.24, 2.45) is 11.7 Å². The number of amides is 1. The Kier molecular flexibility index (Phi) is 3.85. The molecule has 2 rings (SSSR count). The molecule has 0 spiro atoms. The second-order valence-corrected chi connectivity index (χ2v) is 4.75. The summed E-state index contributed by atoms with van der Waals surface area (Å²) in [4.78, 5) is 25.4. The van der Waals surface area contributed by atoms with E-state index < -0.39 is 0 Å². The fraction of sp³-hybridized carbons (Fsp3) is 0.429. The lowest BCUT2D eigenvalue weighted by Gasteiger charge is -2.18. The number of nitrogens with two attached hydrogens (primary N) is 1. The first-order chi connectivity index (χ1) is 9.04. The maximum absolute atomic E-state index is 12.1. The highest BCUT2D eigenvalue weighted by atomic mass is 16.5. The van der Waals surface area contributed by atoms with Crippen LogP contribution in [0.3, 0.4) is 0 Å². The summed E-state index contributed by atoms with van der Waals surface area (Å²) < 4.78 is 5.60. The zero-order valence-electron chi connectivity index (χ0n) is 11.2. The van der Waals surface area contributed by atoms with Gasteiger partial charge in [-0.15, -0.1) is 0 Å². The number of carbonyl (C=O) groups excluding carboxylic acids is 2. The van der Waals surface area contributed by atoms with Crippen LogP contribution in [0.25, 0.3) is 0 Å². The van der Waals surface area contributed by atoms with Crippen molar-refractivity contribution < 1.29 is 14.3 Å². The molecule has 1 aliphatic rings. The Morgan fingerprint density at radius 3 is 2.95 bits per heavy atom. The molecular weight excluding hydrogens is 244 g/mol. The van der Waals surface area contributed by atoms with Crippen LogP contribution in [0.15, 0.2) is 18.2 Å². The average molecular weight is 262 g/mol. The van der Waals surface area contributed by atoms with Crippen molar-refractivity contribution in [1.29, 1.82) is 0 Å². The van der Waals surface area contributed by atoms with Gasteiger partial charge in [-0.1, -0.05) is 6.92 Å². The smallest absolute Gasteiger partial charge is 0.233 e. The van der Waals surface area contributed by atoms with Crippen molar-refractivity contribution in [3.63, 3.8) is 0 Å². The Morgan fingerprint density at radius 2 is 2.26 bits per heavy atom. The van der Waals surface area contributed by atoms with Gasteiger partial charge in [0.1, 0.15) is 5.75 Å². The summed E-state index contributed by atoms with van der Waals surface area (Å²) in [5.74, 6) is 0.399. The van der Waals surface area contributed by atoms with Crippen molar-refractivity contribution in [3.8, 4) is 5.75 Å². The molecule has 5 heteroatoms. The Labute approximate surface area is 112 Å². The van der Waals surface area contributed by atoms with Crippen LogP contribution in [-0.4, -0.2) is 31.9 Å². The van der Waals surface area contributed by atoms with E-state index in [1.807, 2.05) is 6.92 Å². The molecular formula is C14H18N2O3. The second kappa shape index (κ2) is 5.40. The number of benzene rings is 1. The molecule has 102 valence electrons. The lowest BCUT2D eigenvalue weighted by Crippen LogP contribution is -2.31. The highest BCUT2D eigenvalue weighted by Crippen LogP contribution is 2.32. The third kappa shape index (κ3) is 2.61. The van der Waals surface area contributed by atoms with Gasteiger partial charge in [-0.05, 0) is 24.7 Å². The van der Waals surface area contributed by atoms with Crippen LogP contribution < -0.4 is 15.4 Å². The predicted molar refractivity (Wildman–Crippen MR) is 72.5 cm³/mol. The third-order valence-corrected chi connectivity index (χ3v) is 3.25. The Balaban J connectivity index is 2.38. The molecule has 0 aliphatic carbocycles. The second-order valence-electron chi connectivity index (χ2n) is 4.75. The van der Waals surface area contributed by atoms with Crippen LogP contribution in [-0.2, 0) is 4.79 Å². The van der Waals surface area contributed by atoms with E-state index in [1.165, 1.54) is 0 Å². The monoisotopic (exact) mass is 262 g/mol. The van der Waals surface area contributed by atoms with Crippen LogP contribution in [0.2, 0.25) is 0 Å². The fourth-order valence-corrected chi connectivity index (χ4v) is 2.09. The van der Waals surface area contributed by atoms with E-state index in [4.69, 9.17) is 10.5 Å². The minimum atomic E-state index is -0.194. The normalized spacial score (nSPS) is 18.6. The van der Waals surface area contributed by atoms with Gasteiger partial charge in [0.05, 0.1) is 18.2 Å². The summed E-state index contributed by atoms with van der Waals surface area (Å²) in [7, 11) is 1.70. The maximum atomic E-state index is 12.1. The fourth-order valence-electron chi connectivity index (χ4n) is 2.09. The van der Waals surface area contributed by atoms with Crippen molar-refractivity contribution in [2.75, 3.05) is 25.1 Å². The number of anilines is 1. The van der Waals surface area contributed by atoms with Gasteiger partial charge in [-0.3, -0.25) is 9.59 Å².